The summed E-state index contributed by atoms with van der Waals surface area (Å²) in [4.78, 5) is 28.4. The van der Waals surface area contributed by atoms with E-state index in [-0.39, 0.29) is 11.9 Å². The summed E-state index contributed by atoms with van der Waals surface area (Å²) in [5.74, 6) is -0.609. The van der Waals surface area contributed by atoms with E-state index in [1.165, 1.54) is 16.7 Å². The summed E-state index contributed by atoms with van der Waals surface area (Å²) in [5, 5.41) is 10.0. The largest absolute Gasteiger partial charge is 0.448 e. The van der Waals surface area contributed by atoms with Crippen molar-refractivity contribution in [2.24, 2.45) is 11.7 Å². The van der Waals surface area contributed by atoms with E-state index in [2.05, 4.69) is 0 Å². The third-order valence-corrected chi connectivity index (χ3v) is 6.85. The molecule has 0 radical (unpaired) electrons. The highest BCUT2D eigenvalue weighted by Gasteiger charge is 2.57. The normalized spacial score (nSPS) is 21.2. The molecule has 1 amide bonds. The lowest BCUT2D eigenvalue weighted by molar-refractivity contribution is -0.163. The van der Waals surface area contributed by atoms with Gasteiger partial charge in [0.15, 0.2) is 6.10 Å². The number of ether oxygens (including phenoxy) is 1. The van der Waals surface area contributed by atoms with Gasteiger partial charge in [0.05, 0.1) is 18.1 Å². The molecule has 2 aliphatic rings. The Labute approximate surface area is 186 Å². The highest BCUT2D eigenvalue weighted by Crippen LogP contribution is 2.47. The van der Waals surface area contributed by atoms with Gasteiger partial charge in [-0.1, -0.05) is 60.7 Å². The van der Waals surface area contributed by atoms with Crippen LogP contribution in [0.4, 0.5) is 0 Å². The van der Waals surface area contributed by atoms with Gasteiger partial charge in [0.1, 0.15) is 5.70 Å². The fourth-order valence-corrected chi connectivity index (χ4v) is 5.25. The molecule has 0 unspecified atom stereocenters. The highest BCUT2D eigenvalue weighted by atomic mass is 32.2. The van der Waals surface area contributed by atoms with Crippen LogP contribution in [0.15, 0.2) is 71.3 Å². The fourth-order valence-electron chi connectivity index (χ4n) is 4.28. The number of rotatable bonds is 8. The smallest absolute Gasteiger partial charge is 0.356 e. The number of nitrogens with zero attached hydrogens (tertiary/aromatic N) is 1. The van der Waals surface area contributed by atoms with Gasteiger partial charge >= 0.3 is 5.97 Å². The molecule has 2 aromatic rings. The van der Waals surface area contributed by atoms with Gasteiger partial charge in [-0.15, -0.1) is 11.8 Å². The Bertz CT molecular complexity index is 938. The zero-order valence-electron chi connectivity index (χ0n) is 17.3. The minimum absolute atomic E-state index is 0.206. The van der Waals surface area contributed by atoms with E-state index in [0.717, 1.165) is 16.0 Å². The quantitative estimate of drug-likeness (QED) is 0.486. The summed E-state index contributed by atoms with van der Waals surface area (Å²) in [7, 11) is 0. The third-order valence-electron chi connectivity index (χ3n) is 5.71. The Balaban J connectivity index is 1.64. The van der Waals surface area contributed by atoms with Crippen molar-refractivity contribution in [2.45, 2.75) is 31.6 Å². The minimum Gasteiger partial charge on any atom is -0.448 e. The number of aliphatic hydroxyl groups excluding tert-OH is 1. The molecular weight excluding hydrogens is 412 g/mol. The first-order chi connectivity index (χ1) is 15.0. The maximum Gasteiger partial charge on any atom is 0.356 e. The first-order valence-electron chi connectivity index (χ1n) is 10.4. The van der Waals surface area contributed by atoms with Crippen molar-refractivity contribution in [1.82, 2.24) is 4.90 Å². The standard InChI is InChI=1S/C24H26N2O4S/c1-15(27)20-18-14-19(31-13-12-25)21(26(18)23(20)28)24(29)30-22(16-8-4-2-5-9-16)17-10-6-3-7-11-17/h2-11,15,18,20,22,27H,12-14,25H2,1H3/t15-,18-,20-/m1/s1. The van der Waals surface area contributed by atoms with Crippen LogP contribution in [0.2, 0.25) is 0 Å². The van der Waals surface area contributed by atoms with E-state index in [9.17, 15) is 14.7 Å². The topological polar surface area (TPSA) is 92.9 Å². The average molecular weight is 439 g/mol. The number of β-lactam (4-membered cyclic amide) rings is 1. The van der Waals surface area contributed by atoms with E-state index in [0.29, 0.717) is 24.4 Å². The van der Waals surface area contributed by atoms with Crippen LogP contribution >= 0.6 is 11.8 Å². The van der Waals surface area contributed by atoms with Crippen LogP contribution in [0.3, 0.4) is 0 Å². The van der Waals surface area contributed by atoms with E-state index in [1.54, 1.807) is 6.92 Å². The number of thioether (sulfide) groups is 1. The van der Waals surface area contributed by atoms with E-state index >= 15 is 0 Å². The number of carbonyl (C=O) groups excluding carboxylic acids is 2. The van der Waals surface area contributed by atoms with Crippen molar-refractivity contribution in [2.75, 3.05) is 12.3 Å². The monoisotopic (exact) mass is 438 g/mol. The Kier molecular flexibility index (Phi) is 6.46. The second kappa shape index (κ2) is 9.26. The van der Waals surface area contributed by atoms with Gasteiger partial charge in [-0.3, -0.25) is 4.79 Å². The summed E-state index contributed by atoms with van der Waals surface area (Å²) in [6.45, 7) is 2.08. The molecule has 2 heterocycles. The zero-order chi connectivity index (χ0) is 22.0. The average Bonchev–Trinajstić information content (AvgIpc) is 3.11. The predicted molar refractivity (Wildman–Crippen MR) is 120 cm³/mol. The lowest BCUT2D eigenvalue weighted by Crippen LogP contribution is -2.61. The molecule has 2 aromatic carbocycles. The summed E-state index contributed by atoms with van der Waals surface area (Å²) in [6, 6.07) is 18.9. The lowest BCUT2D eigenvalue weighted by Gasteiger charge is -2.44. The van der Waals surface area contributed by atoms with Crippen LogP contribution in [0.5, 0.6) is 0 Å². The first kappa shape index (κ1) is 21.6. The molecule has 162 valence electrons. The predicted octanol–water partition coefficient (Wildman–Crippen LogP) is 2.83. The van der Waals surface area contributed by atoms with Gasteiger partial charge in [-0.25, -0.2) is 4.79 Å². The Morgan fingerprint density at radius 1 is 1.16 bits per heavy atom. The molecule has 31 heavy (non-hydrogen) atoms. The molecule has 1 saturated heterocycles. The van der Waals surface area contributed by atoms with Crippen LogP contribution in [0.1, 0.15) is 30.6 Å². The van der Waals surface area contributed by atoms with Crippen molar-refractivity contribution in [3.8, 4) is 0 Å². The molecule has 0 bridgehead atoms. The Hall–Kier alpha value is -2.61. The summed E-state index contributed by atoms with van der Waals surface area (Å²) >= 11 is 1.48. The number of aliphatic hydroxyl groups is 1. The van der Waals surface area contributed by atoms with Crippen LogP contribution in [0, 0.1) is 5.92 Å². The number of hydrogen-bond acceptors (Lipinski definition) is 6. The molecule has 3 N–H and O–H groups in total. The fraction of sp³-hybridized carbons (Fsp3) is 0.333. The minimum atomic E-state index is -0.758. The molecule has 0 spiro atoms. The second-order valence-corrected chi connectivity index (χ2v) is 8.95. The van der Waals surface area contributed by atoms with Gasteiger partial charge in [-0.2, -0.15) is 0 Å². The third kappa shape index (κ3) is 4.13. The number of hydrogen-bond donors (Lipinski definition) is 2. The summed E-state index contributed by atoms with van der Waals surface area (Å²) in [6.07, 6.45) is -0.810. The molecule has 6 nitrogen and oxygen atoms in total. The number of esters is 1. The number of benzene rings is 2. The lowest BCUT2D eigenvalue weighted by atomic mass is 9.83. The van der Waals surface area contributed by atoms with Crippen LogP contribution in [0.25, 0.3) is 0 Å². The van der Waals surface area contributed by atoms with Crippen LogP contribution in [-0.2, 0) is 14.3 Å². The Morgan fingerprint density at radius 2 is 1.74 bits per heavy atom. The van der Waals surface area contributed by atoms with Crippen molar-refractivity contribution < 1.29 is 19.4 Å². The molecule has 0 aromatic heterocycles. The van der Waals surface area contributed by atoms with Crippen LogP contribution in [-0.4, -0.2) is 46.3 Å². The molecular formula is C24H26N2O4S. The molecule has 3 atom stereocenters. The number of nitrogens with two attached hydrogens (primary N) is 1. The van der Waals surface area contributed by atoms with Gasteiger partial charge in [-0.05, 0) is 18.1 Å². The molecule has 0 aliphatic carbocycles. The van der Waals surface area contributed by atoms with Gasteiger partial charge < -0.3 is 20.5 Å². The maximum atomic E-state index is 13.4. The SMILES string of the molecule is C[C@@H](O)[C@H]1C(=O)N2C(C(=O)OC(c3ccccc3)c3ccccc3)=C(SCCN)C[C@H]12. The Morgan fingerprint density at radius 3 is 2.26 bits per heavy atom. The molecule has 7 heteroatoms. The van der Waals surface area contributed by atoms with Crippen LogP contribution < -0.4 is 5.73 Å². The second-order valence-electron chi connectivity index (χ2n) is 7.76. The van der Waals surface area contributed by atoms with Gasteiger partial charge in [0.2, 0.25) is 5.91 Å². The van der Waals surface area contributed by atoms with E-state index in [4.69, 9.17) is 10.5 Å². The zero-order valence-corrected chi connectivity index (χ0v) is 18.1. The van der Waals surface area contributed by atoms with Crippen molar-refractivity contribution in [3.63, 3.8) is 0 Å². The molecule has 1 fully saturated rings. The molecule has 0 saturated carbocycles. The van der Waals surface area contributed by atoms with Gasteiger partial charge in [0.25, 0.3) is 0 Å². The van der Waals surface area contributed by atoms with E-state index in [1.807, 2.05) is 60.7 Å². The summed E-state index contributed by atoms with van der Waals surface area (Å²) < 4.78 is 6.02. The number of carbonyl (C=O) groups is 2. The molecule has 2 aliphatic heterocycles. The van der Waals surface area contributed by atoms with Crippen molar-refractivity contribution in [3.05, 3.63) is 82.4 Å². The summed E-state index contributed by atoms with van der Waals surface area (Å²) in [5.41, 5.74) is 7.67. The molecule has 4 rings (SSSR count). The van der Waals surface area contributed by atoms with Gasteiger partial charge in [0, 0.05) is 23.6 Å². The highest BCUT2D eigenvalue weighted by molar-refractivity contribution is 8.03. The number of amides is 1. The van der Waals surface area contributed by atoms with Crippen molar-refractivity contribution in [1.29, 1.82) is 0 Å². The van der Waals surface area contributed by atoms with E-state index < -0.39 is 24.1 Å². The number of fused-ring (bicyclic) bond motifs is 1. The first-order valence-corrected chi connectivity index (χ1v) is 11.4. The maximum absolute atomic E-state index is 13.4. The van der Waals surface area contributed by atoms with Crippen molar-refractivity contribution >= 4 is 23.6 Å².